The quantitative estimate of drug-likeness (QED) is 0.753. The number of carbonyl (C=O) groups excluding carboxylic acids is 1. The van der Waals surface area contributed by atoms with Crippen LogP contribution in [0, 0.1) is 5.92 Å². The second kappa shape index (κ2) is 7.09. The number of nitrogens with zero attached hydrogens (tertiary/aromatic N) is 1. The molecule has 1 heterocycles. The Morgan fingerprint density at radius 2 is 1.78 bits per heavy atom. The van der Waals surface area contributed by atoms with Crippen LogP contribution in [-0.4, -0.2) is 44.0 Å². The van der Waals surface area contributed by atoms with Crippen molar-refractivity contribution >= 4 is 15.9 Å². The molecule has 0 saturated carbocycles. The Bertz CT molecular complexity index is 358. The summed E-state index contributed by atoms with van der Waals surface area (Å²) in [7, 11) is -3.18. The Balaban J connectivity index is 2.34. The lowest BCUT2D eigenvalue weighted by molar-refractivity contribution is -0.125. The van der Waals surface area contributed by atoms with Gasteiger partial charge in [-0.25, -0.2) is 12.7 Å². The van der Waals surface area contributed by atoms with Crippen LogP contribution in [0.2, 0.25) is 0 Å². The first-order valence-corrected chi connectivity index (χ1v) is 8.37. The lowest BCUT2D eigenvalue weighted by Crippen LogP contribution is -2.38. The molecule has 18 heavy (non-hydrogen) atoms. The van der Waals surface area contributed by atoms with E-state index in [1.165, 1.54) is 4.31 Å². The second-order valence-corrected chi connectivity index (χ2v) is 6.82. The minimum atomic E-state index is -3.18. The van der Waals surface area contributed by atoms with E-state index in [1.54, 1.807) is 0 Å². The molecule has 5 nitrogen and oxygen atoms in total. The molecular formula is C12H24N2O3S. The average molecular weight is 276 g/mol. The second-order valence-electron chi connectivity index (χ2n) is 4.73. The molecule has 0 aromatic carbocycles. The molecule has 1 fully saturated rings. The number of carbonyl (C=O) groups is 1. The van der Waals surface area contributed by atoms with Gasteiger partial charge >= 0.3 is 0 Å². The third-order valence-electron chi connectivity index (χ3n) is 3.47. The van der Waals surface area contributed by atoms with E-state index in [0.717, 1.165) is 25.7 Å². The maximum absolute atomic E-state index is 11.9. The van der Waals surface area contributed by atoms with E-state index in [0.29, 0.717) is 13.1 Å². The summed E-state index contributed by atoms with van der Waals surface area (Å²) in [4.78, 5) is 11.7. The van der Waals surface area contributed by atoms with Crippen LogP contribution < -0.4 is 5.32 Å². The van der Waals surface area contributed by atoms with Gasteiger partial charge in [0.25, 0.3) is 0 Å². The normalized spacial score (nSPS) is 17.3. The van der Waals surface area contributed by atoms with Gasteiger partial charge in [0, 0.05) is 25.6 Å². The van der Waals surface area contributed by atoms with Gasteiger partial charge in [-0.3, -0.25) is 4.79 Å². The molecule has 0 spiro atoms. The van der Waals surface area contributed by atoms with Gasteiger partial charge in [-0.1, -0.05) is 13.8 Å². The van der Waals surface area contributed by atoms with Gasteiger partial charge in [0.15, 0.2) is 0 Å². The third-order valence-corrected chi connectivity index (χ3v) is 5.35. The summed E-state index contributed by atoms with van der Waals surface area (Å²) in [5, 5.41) is 2.72. The Labute approximate surface area is 110 Å². The van der Waals surface area contributed by atoms with Gasteiger partial charge in [-0.2, -0.15) is 0 Å². The van der Waals surface area contributed by atoms with Crippen LogP contribution in [0.5, 0.6) is 0 Å². The third kappa shape index (κ3) is 4.24. The van der Waals surface area contributed by atoms with Crippen molar-refractivity contribution in [3.05, 3.63) is 0 Å². The fourth-order valence-corrected chi connectivity index (χ4v) is 3.64. The summed E-state index contributed by atoms with van der Waals surface area (Å²) >= 11 is 0. The van der Waals surface area contributed by atoms with Gasteiger partial charge in [0.05, 0.1) is 5.75 Å². The molecule has 0 aliphatic carbocycles. The Morgan fingerprint density at radius 3 is 2.28 bits per heavy atom. The largest absolute Gasteiger partial charge is 0.355 e. The molecular weight excluding hydrogens is 252 g/mol. The molecule has 1 N–H and O–H groups in total. The fraction of sp³-hybridized carbons (Fsp3) is 0.917. The summed E-state index contributed by atoms with van der Waals surface area (Å²) in [5.74, 6) is -0.0186. The van der Waals surface area contributed by atoms with Crippen molar-refractivity contribution in [2.75, 3.05) is 25.4 Å². The number of sulfonamides is 1. The number of rotatable bonds is 7. The maximum atomic E-state index is 11.9. The predicted octanol–water partition coefficient (Wildman–Crippen LogP) is 0.964. The minimum Gasteiger partial charge on any atom is -0.355 e. The molecule has 0 aromatic rings. The monoisotopic (exact) mass is 276 g/mol. The number of hydrogen-bond acceptors (Lipinski definition) is 3. The molecule has 1 amide bonds. The smallest absolute Gasteiger partial charge is 0.223 e. The highest BCUT2D eigenvalue weighted by molar-refractivity contribution is 7.89. The van der Waals surface area contributed by atoms with Gasteiger partial charge < -0.3 is 5.32 Å². The van der Waals surface area contributed by atoms with Crippen LogP contribution in [0.4, 0.5) is 0 Å². The van der Waals surface area contributed by atoms with E-state index >= 15 is 0 Å². The molecule has 106 valence electrons. The van der Waals surface area contributed by atoms with Crippen molar-refractivity contribution in [3.63, 3.8) is 0 Å². The SMILES string of the molecule is CCC(CC)C(=O)NCCS(=O)(=O)N1CCCC1. The van der Waals surface area contributed by atoms with Crippen molar-refractivity contribution in [3.8, 4) is 0 Å². The molecule has 1 saturated heterocycles. The van der Waals surface area contributed by atoms with Crippen molar-refractivity contribution in [2.45, 2.75) is 39.5 Å². The van der Waals surface area contributed by atoms with Crippen molar-refractivity contribution in [1.82, 2.24) is 9.62 Å². The summed E-state index contributed by atoms with van der Waals surface area (Å²) in [6, 6.07) is 0. The molecule has 0 atom stereocenters. The highest BCUT2D eigenvalue weighted by Crippen LogP contribution is 2.12. The van der Waals surface area contributed by atoms with Crippen molar-refractivity contribution < 1.29 is 13.2 Å². The first-order valence-electron chi connectivity index (χ1n) is 6.76. The fourth-order valence-electron chi connectivity index (χ4n) is 2.20. The van der Waals surface area contributed by atoms with Gasteiger partial charge in [0.1, 0.15) is 0 Å². The van der Waals surface area contributed by atoms with E-state index in [1.807, 2.05) is 13.8 Å². The highest BCUT2D eigenvalue weighted by atomic mass is 32.2. The molecule has 0 aromatic heterocycles. The van der Waals surface area contributed by atoms with E-state index in [-0.39, 0.29) is 24.1 Å². The Hall–Kier alpha value is -0.620. The molecule has 1 aliphatic heterocycles. The zero-order valence-electron chi connectivity index (χ0n) is 11.3. The van der Waals surface area contributed by atoms with Crippen molar-refractivity contribution in [1.29, 1.82) is 0 Å². The van der Waals surface area contributed by atoms with E-state index in [2.05, 4.69) is 5.32 Å². The zero-order valence-corrected chi connectivity index (χ0v) is 12.1. The molecule has 0 unspecified atom stereocenters. The van der Waals surface area contributed by atoms with Gasteiger partial charge in [0.2, 0.25) is 15.9 Å². The molecule has 6 heteroatoms. The summed E-state index contributed by atoms with van der Waals surface area (Å²) in [6.45, 7) is 5.41. The van der Waals surface area contributed by atoms with Gasteiger partial charge in [-0.05, 0) is 25.7 Å². The van der Waals surface area contributed by atoms with E-state index in [4.69, 9.17) is 0 Å². The first-order chi connectivity index (χ1) is 8.51. The number of amides is 1. The zero-order chi connectivity index (χ0) is 13.6. The Morgan fingerprint density at radius 1 is 1.22 bits per heavy atom. The number of nitrogens with one attached hydrogen (secondary N) is 1. The predicted molar refractivity (Wildman–Crippen MR) is 71.7 cm³/mol. The molecule has 0 radical (unpaired) electrons. The first kappa shape index (κ1) is 15.4. The van der Waals surface area contributed by atoms with Crippen LogP contribution in [-0.2, 0) is 14.8 Å². The minimum absolute atomic E-state index is 0.000472. The van der Waals surface area contributed by atoms with Crippen LogP contribution in [0.15, 0.2) is 0 Å². The lowest BCUT2D eigenvalue weighted by Gasteiger charge is -2.16. The van der Waals surface area contributed by atoms with Crippen LogP contribution >= 0.6 is 0 Å². The molecule has 1 aliphatic rings. The molecule has 1 rings (SSSR count). The molecule has 0 bridgehead atoms. The Kier molecular flexibility index (Phi) is 6.08. The maximum Gasteiger partial charge on any atom is 0.223 e. The topological polar surface area (TPSA) is 66.5 Å². The summed E-state index contributed by atoms with van der Waals surface area (Å²) in [5.41, 5.74) is 0. The lowest BCUT2D eigenvalue weighted by atomic mass is 10.0. The van der Waals surface area contributed by atoms with Crippen LogP contribution in [0.25, 0.3) is 0 Å². The van der Waals surface area contributed by atoms with Crippen LogP contribution in [0.3, 0.4) is 0 Å². The average Bonchev–Trinajstić information content (AvgIpc) is 2.84. The highest BCUT2D eigenvalue weighted by Gasteiger charge is 2.25. The summed E-state index contributed by atoms with van der Waals surface area (Å²) in [6.07, 6.45) is 3.47. The number of hydrogen-bond donors (Lipinski definition) is 1. The summed E-state index contributed by atoms with van der Waals surface area (Å²) < 4.78 is 25.3. The van der Waals surface area contributed by atoms with Gasteiger partial charge in [-0.15, -0.1) is 0 Å². The van der Waals surface area contributed by atoms with Crippen LogP contribution in [0.1, 0.15) is 39.5 Å². The van der Waals surface area contributed by atoms with E-state index < -0.39 is 10.0 Å². The van der Waals surface area contributed by atoms with E-state index in [9.17, 15) is 13.2 Å². The van der Waals surface area contributed by atoms with Crippen molar-refractivity contribution in [2.24, 2.45) is 5.92 Å². The standard InChI is InChI=1S/C12H24N2O3S/c1-3-11(4-2)12(15)13-7-10-18(16,17)14-8-5-6-9-14/h11H,3-10H2,1-2H3,(H,13,15).